The molecule has 0 aliphatic rings. The molecule has 0 bridgehead atoms. The number of carboxylic acid groups (broad SMARTS) is 1. The number of rotatable bonds is 4. The molecule has 0 spiro atoms. The lowest BCUT2D eigenvalue weighted by molar-refractivity contribution is -0.136. The topological polar surface area (TPSA) is 63.8 Å². The molecule has 21 heavy (non-hydrogen) atoms. The van der Waals surface area contributed by atoms with Crippen molar-refractivity contribution in [3.8, 4) is 17.0 Å². The number of hydrogen-bond donors (Lipinski definition) is 1. The van der Waals surface area contributed by atoms with Gasteiger partial charge in [0.15, 0.2) is 4.96 Å². The highest BCUT2D eigenvalue weighted by atomic mass is 32.1. The molecule has 0 aliphatic heterocycles. The number of benzene rings is 1. The fraction of sp³-hybridized carbons (Fsp3) is 0.200. The van der Waals surface area contributed by atoms with Crippen LogP contribution in [0.2, 0.25) is 0 Å². The molecule has 3 rings (SSSR count). The number of nitrogens with zero attached hydrogens (tertiary/aromatic N) is 2. The summed E-state index contributed by atoms with van der Waals surface area (Å²) in [7, 11) is 1.63. The van der Waals surface area contributed by atoms with Crippen LogP contribution in [-0.4, -0.2) is 27.6 Å². The maximum atomic E-state index is 10.9. The Balaban J connectivity index is 2.11. The highest BCUT2D eigenvalue weighted by Gasteiger charge is 2.14. The molecule has 0 atom stereocenters. The molecule has 5 nitrogen and oxygen atoms in total. The van der Waals surface area contributed by atoms with Gasteiger partial charge in [-0.15, -0.1) is 11.3 Å². The maximum absolute atomic E-state index is 10.9. The number of thiazole rings is 1. The van der Waals surface area contributed by atoms with Crippen molar-refractivity contribution in [2.24, 2.45) is 0 Å². The number of ether oxygens (including phenoxy) is 1. The van der Waals surface area contributed by atoms with E-state index in [4.69, 9.17) is 9.84 Å². The van der Waals surface area contributed by atoms with E-state index < -0.39 is 5.97 Å². The second-order valence-corrected chi connectivity index (χ2v) is 5.62. The molecule has 0 radical (unpaired) electrons. The van der Waals surface area contributed by atoms with Crippen LogP contribution >= 0.6 is 11.3 Å². The zero-order valence-electron chi connectivity index (χ0n) is 11.7. The monoisotopic (exact) mass is 302 g/mol. The van der Waals surface area contributed by atoms with Gasteiger partial charge in [-0.1, -0.05) is 11.6 Å². The van der Waals surface area contributed by atoms with Crippen LogP contribution < -0.4 is 4.74 Å². The van der Waals surface area contributed by atoms with Gasteiger partial charge >= 0.3 is 5.97 Å². The molecule has 0 amide bonds. The number of hydrogen-bond acceptors (Lipinski definition) is 4. The van der Waals surface area contributed by atoms with Crippen LogP contribution in [0.3, 0.4) is 0 Å². The fourth-order valence-electron chi connectivity index (χ4n) is 2.26. The van der Waals surface area contributed by atoms with Gasteiger partial charge in [0.1, 0.15) is 5.75 Å². The Bertz CT molecular complexity index is 820. The van der Waals surface area contributed by atoms with E-state index in [2.05, 4.69) is 4.98 Å². The number of aliphatic carboxylic acids is 1. The number of aromatic nitrogens is 2. The number of carboxylic acids is 1. The summed E-state index contributed by atoms with van der Waals surface area (Å²) in [6.45, 7) is 2.01. The van der Waals surface area contributed by atoms with Crippen molar-refractivity contribution in [1.82, 2.24) is 9.38 Å². The van der Waals surface area contributed by atoms with Crippen LogP contribution in [0.15, 0.2) is 29.8 Å². The van der Waals surface area contributed by atoms with E-state index in [1.165, 1.54) is 11.3 Å². The number of fused-ring (bicyclic) bond motifs is 1. The molecule has 2 heterocycles. The summed E-state index contributed by atoms with van der Waals surface area (Å²) in [6.07, 6.45) is 1.85. The highest BCUT2D eigenvalue weighted by Crippen LogP contribution is 2.31. The predicted octanol–water partition coefficient (Wildman–Crippen LogP) is 3.01. The average Bonchev–Trinajstić information content (AvgIpc) is 3.00. The standard InChI is InChI=1S/C15H14N2O3S/c1-9-3-4-13(20-2)11(5-9)12-7-17-10(6-14(18)19)8-21-15(17)16-12/h3-5,7-8H,6H2,1-2H3,(H,18,19). The quantitative estimate of drug-likeness (QED) is 0.804. The van der Waals surface area contributed by atoms with Crippen LogP contribution in [0.25, 0.3) is 16.2 Å². The molecule has 0 saturated carbocycles. The molecule has 108 valence electrons. The summed E-state index contributed by atoms with van der Waals surface area (Å²) in [4.78, 5) is 16.2. The number of carbonyl (C=O) groups is 1. The lowest BCUT2D eigenvalue weighted by Gasteiger charge is -2.06. The van der Waals surface area contributed by atoms with E-state index in [0.717, 1.165) is 33.2 Å². The van der Waals surface area contributed by atoms with Gasteiger partial charge in [-0.25, -0.2) is 4.98 Å². The minimum Gasteiger partial charge on any atom is -0.496 e. The molecule has 0 unspecified atom stereocenters. The minimum atomic E-state index is -0.849. The highest BCUT2D eigenvalue weighted by molar-refractivity contribution is 7.15. The summed E-state index contributed by atoms with van der Waals surface area (Å²) in [5.41, 5.74) is 3.55. The number of aryl methyl sites for hydroxylation is 1. The van der Waals surface area contributed by atoms with Gasteiger partial charge in [0.2, 0.25) is 0 Å². The molecule has 1 N–H and O–H groups in total. The molecule has 1 aromatic carbocycles. The largest absolute Gasteiger partial charge is 0.496 e. The lowest BCUT2D eigenvalue weighted by atomic mass is 10.1. The van der Waals surface area contributed by atoms with Crippen molar-refractivity contribution in [1.29, 1.82) is 0 Å². The molecular formula is C15H14N2O3S. The van der Waals surface area contributed by atoms with Gasteiger partial charge in [-0.3, -0.25) is 9.20 Å². The second-order valence-electron chi connectivity index (χ2n) is 4.78. The smallest absolute Gasteiger partial charge is 0.309 e. The Hall–Kier alpha value is -2.34. The molecule has 2 aromatic heterocycles. The first-order valence-corrected chi connectivity index (χ1v) is 7.28. The first kappa shape index (κ1) is 13.6. The third-order valence-corrected chi connectivity index (χ3v) is 4.14. The third kappa shape index (κ3) is 2.50. The number of methoxy groups -OCH3 is 1. The van der Waals surface area contributed by atoms with Crippen LogP contribution in [0.4, 0.5) is 0 Å². The SMILES string of the molecule is COc1ccc(C)cc1-c1cn2c(CC(=O)O)csc2n1. The Morgan fingerprint density at radius 2 is 2.29 bits per heavy atom. The van der Waals surface area contributed by atoms with Crippen molar-refractivity contribution in [3.63, 3.8) is 0 Å². The van der Waals surface area contributed by atoms with Crippen molar-refractivity contribution < 1.29 is 14.6 Å². The average molecular weight is 302 g/mol. The van der Waals surface area contributed by atoms with Crippen molar-refractivity contribution in [2.75, 3.05) is 7.11 Å². The van der Waals surface area contributed by atoms with Gasteiger partial charge in [0.25, 0.3) is 0 Å². The van der Waals surface area contributed by atoms with E-state index in [1.807, 2.05) is 41.1 Å². The Morgan fingerprint density at radius 1 is 1.48 bits per heavy atom. The van der Waals surface area contributed by atoms with Gasteiger partial charge in [0.05, 0.1) is 19.2 Å². The summed E-state index contributed by atoms with van der Waals surface area (Å²) in [6, 6.07) is 5.91. The normalized spacial score (nSPS) is 11.0. The first-order chi connectivity index (χ1) is 10.1. The van der Waals surface area contributed by atoms with E-state index in [0.29, 0.717) is 0 Å². The minimum absolute atomic E-state index is 0.0131. The predicted molar refractivity (Wildman–Crippen MR) is 81.1 cm³/mol. The van der Waals surface area contributed by atoms with Crippen molar-refractivity contribution >= 4 is 22.3 Å². The first-order valence-electron chi connectivity index (χ1n) is 6.41. The van der Waals surface area contributed by atoms with Crippen LogP contribution in [0.1, 0.15) is 11.3 Å². The third-order valence-electron chi connectivity index (χ3n) is 3.25. The molecule has 0 fully saturated rings. The van der Waals surface area contributed by atoms with Gasteiger partial charge in [0, 0.05) is 22.8 Å². The zero-order valence-corrected chi connectivity index (χ0v) is 12.5. The Labute approximate surface area is 125 Å². The second kappa shape index (κ2) is 5.21. The summed E-state index contributed by atoms with van der Waals surface area (Å²) in [5.74, 6) is -0.0933. The molecule has 6 heteroatoms. The van der Waals surface area contributed by atoms with Crippen molar-refractivity contribution in [3.05, 3.63) is 41.0 Å². The maximum Gasteiger partial charge on any atom is 0.309 e. The van der Waals surface area contributed by atoms with Gasteiger partial charge in [-0.2, -0.15) is 0 Å². The summed E-state index contributed by atoms with van der Waals surface area (Å²) in [5, 5.41) is 10.8. The van der Waals surface area contributed by atoms with Crippen molar-refractivity contribution in [2.45, 2.75) is 13.3 Å². The Morgan fingerprint density at radius 3 is 3.00 bits per heavy atom. The summed E-state index contributed by atoms with van der Waals surface area (Å²) >= 11 is 1.44. The zero-order chi connectivity index (χ0) is 15.0. The van der Waals surface area contributed by atoms with Crippen LogP contribution in [-0.2, 0) is 11.2 Å². The molecule has 0 saturated heterocycles. The summed E-state index contributed by atoms with van der Waals surface area (Å²) < 4.78 is 7.21. The lowest BCUT2D eigenvalue weighted by Crippen LogP contribution is -2.02. The van der Waals surface area contributed by atoms with Crippen LogP contribution in [0.5, 0.6) is 5.75 Å². The van der Waals surface area contributed by atoms with E-state index >= 15 is 0 Å². The number of imidazole rings is 1. The molecule has 0 aliphatic carbocycles. The van der Waals surface area contributed by atoms with E-state index in [1.54, 1.807) is 7.11 Å². The Kier molecular flexibility index (Phi) is 3.39. The van der Waals surface area contributed by atoms with E-state index in [-0.39, 0.29) is 6.42 Å². The molecule has 3 aromatic rings. The fourth-order valence-corrected chi connectivity index (χ4v) is 3.14. The van der Waals surface area contributed by atoms with Gasteiger partial charge < -0.3 is 9.84 Å². The molecular weight excluding hydrogens is 288 g/mol. The van der Waals surface area contributed by atoms with E-state index in [9.17, 15) is 4.79 Å². The van der Waals surface area contributed by atoms with Crippen LogP contribution in [0, 0.1) is 6.92 Å². The van der Waals surface area contributed by atoms with Gasteiger partial charge in [-0.05, 0) is 19.1 Å².